The maximum Gasteiger partial charge on any atom is 0.115 e. The number of likely N-dealkylation sites (tertiary alicyclic amines) is 1. The van der Waals surface area contributed by atoms with Gasteiger partial charge in [0.05, 0.1) is 5.66 Å². The predicted molar refractivity (Wildman–Crippen MR) is 116 cm³/mol. The van der Waals surface area contributed by atoms with Gasteiger partial charge in [0.2, 0.25) is 0 Å². The lowest BCUT2D eigenvalue weighted by molar-refractivity contribution is 0.0522. The number of rotatable bonds is 3. The highest BCUT2D eigenvalue weighted by Crippen LogP contribution is 2.38. The number of fused-ring (bicyclic) bond motifs is 1. The Balaban J connectivity index is 1.50. The molecule has 0 amide bonds. The van der Waals surface area contributed by atoms with E-state index in [0.29, 0.717) is 6.04 Å². The highest BCUT2D eigenvalue weighted by atomic mass is 15.3. The zero-order chi connectivity index (χ0) is 19.8. The number of anilines is 1. The third-order valence-electron chi connectivity index (χ3n) is 6.57. The number of piperidine rings is 2. The molecular weight excluding hydrogens is 362 g/mol. The topological polar surface area (TPSA) is 100 Å². The Morgan fingerprint density at radius 1 is 1.10 bits per heavy atom. The number of aromatic nitrogens is 3. The number of nitrogens with one attached hydrogen (secondary N) is 1. The van der Waals surface area contributed by atoms with Gasteiger partial charge in [-0.1, -0.05) is 6.07 Å². The molecule has 2 aliphatic heterocycles. The van der Waals surface area contributed by atoms with Gasteiger partial charge in [-0.3, -0.25) is 4.90 Å². The zero-order valence-electron chi connectivity index (χ0n) is 16.7. The predicted octanol–water partition coefficient (Wildman–Crippen LogP) is 2.30. The normalized spacial score (nSPS) is 24.3. The number of H-pyrrole nitrogens is 1. The van der Waals surface area contributed by atoms with Crippen molar-refractivity contribution >= 4 is 16.6 Å². The molecule has 5 N–H and O–H groups in total. The second-order valence-electron chi connectivity index (χ2n) is 8.48. The molecule has 5 rings (SSSR count). The summed E-state index contributed by atoms with van der Waals surface area (Å²) in [6.45, 7) is 3.83. The quantitative estimate of drug-likeness (QED) is 0.633. The molecular formula is C22H29N7. The van der Waals surface area contributed by atoms with Crippen LogP contribution in [-0.2, 0) is 0 Å². The maximum absolute atomic E-state index is 6.99. The fourth-order valence-electron chi connectivity index (χ4n) is 4.97. The first kappa shape index (κ1) is 18.5. The van der Waals surface area contributed by atoms with Gasteiger partial charge >= 0.3 is 0 Å². The van der Waals surface area contributed by atoms with Crippen LogP contribution in [0.15, 0.2) is 43.1 Å². The summed E-state index contributed by atoms with van der Waals surface area (Å²) in [5.74, 6) is 0. The number of nitrogens with zero attached hydrogens (tertiary/aromatic N) is 4. The first-order valence-electron chi connectivity index (χ1n) is 10.5. The molecule has 0 spiro atoms. The molecule has 1 atom stereocenters. The summed E-state index contributed by atoms with van der Waals surface area (Å²) in [7, 11) is 0. The van der Waals surface area contributed by atoms with E-state index >= 15 is 0 Å². The molecule has 2 fully saturated rings. The SMILES string of the molecule is NC1CCN([C@@]2(N)CCCN(c3cccc4[nH]cc(-c5cncnc5)c34)C2)CC1. The number of benzene rings is 1. The molecule has 2 saturated heterocycles. The fraction of sp³-hybridized carbons (Fsp3) is 0.455. The van der Waals surface area contributed by atoms with Gasteiger partial charge in [0.25, 0.3) is 0 Å². The van der Waals surface area contributed by atoms with E-state index in [4.69, 9.17) is 11.5 Å². The third kappa shape index (κ3) is 3.39. The van der Waals surface area contributed by atoms with E-state index in [-0.39, 0.29) is 5.66 Å². The monoisotopic (exact) mass is 391 g/mol. The van der Waals surface area contributed by atoms with E-state index in [2.05, 4.69) is 49.1 Å². The lowest BCUT2D eigenvalue weighted by Gasteiger charge is -2.50. The zero-order valence-corrected chi connectivity index (χ0v) is 16.7. The van der Waals surface area contributed by atoms with Crippen LogP contribution in [-0.4, -0.2) is 57.7 Å². The van der Waals surface area contributed by atoms with Crippen LogP contribution in [0.3, 0.4) is 0 Å². The standard InChI is InChI=1S/C22H29N7/c23-17-5-9-29(10-6-17)22(24)7-2-8-28(14-22)20-4-1-3-19-21(20)18(13-27-19)16-11-25-15-26-12-16/h1,3-4,11-13,15,17,27H,2,5-10,14,23-24H2/t22-/m0/s1. The third-order valence-corrected chi connectivity index (χ3v) is 6.57. The Kier molecular flexibility index (Phi) is 4.73. The summed E-state index contributed by atoms with van der Waals surface area (Å²) in [5, 5.41) is 1.22. The van der Waals surface area contributed by atoms with Gasteiger partial charge in [-0.15, -0.1) is 0 Å². The van der Waals surface area contributed by atoms with E-state index in [0.717, 1.165) is 68.5 Å². The molecule has 0 radical (unpaired) electrons. The Morgan fingerprint density at radius 3 is 2.69 bits per heavy atom. The molecule has 0 aliphatic carbocycles. The first-order chi connectivity index (χ1) is 14.1. The van der Waals surface area contributed by atoms with Crippen molar-refractivity contribution in [3.8, 4) is 11.1 Å². The van der Waals surface area contributed by atoms with Crippen molar-refractivity contribution in [3.63, 3.8) is 0 Å². The molecule has 7 nitrogen and oxygen atoms in total. The van der Waals surface area contributed by atoms with Gasteiger partial charge < -0.3 is 21.4 Å². The van der Waals surface area contributed by atoms with Crippen LogP contribution in [0.1, 0.15) is 25.7 Å². The van der Waals surface area contributed by atoms with Crippen molar-refractivity contribution in [1.29, 1.82) is 0 Å². The molecule has 3 aromatic rings. The summed E-state index contributed by atoms with van der Waals surface area (Å²) in [6, 6.07) is 6.77. The minimum Gasteiger partial charge on any atom is -0.368 e. The average Bonchev–Trinajstić information content (AvgIpc) is 3.19. The van der Waals surface area contributed by atoms with Crippen molar-refractivity contribution < 1.29 is 0 Å². The van der Waals surface area contributed by atoms with Crippen molar-refractivity contribution in [1.82, 2.24) is 19.9 Å². The highest BCUT2D eigenvalue weighted by Gasteiger charge is 2.39. The fourth-order valence-corrected chi connectivity index (χ4v) is 4.97. The molecule has 0 unspecified atom stereocenters. The molecule has 2 aliphatic rings. The van der Waals surface area contributed by atoms with Gasteiger partial charge in [-0.2, -0.15) is 0 Å². The molecule has 7 heteroatoms. The maximum atomic E-state index is 6.99. The second kappa shape index (κ2) is 7.40. The van der Waals surface area contributed by atoms with E-state index in [9.17, 15) is 0 Å². The first-order valence-corrected chi connectivity index (χ1v) is 10.5. The molecule has 0 bridgehead atoms. The summed E-state index contributed by atoms with van der Waals surface area (Å²) >= 11 is 0. The van der Waals surface area contributed by atoms with Gasteiger partial charge in [0.15, 0.2) is 0 Å². The smallest absolute Gasteiger partial charge is 0.115 e. The average molecular weight is 392 g/mol. The van der Waals surface area contributed by atoms with Crippen LogP contribution in [0.25, 0.3) is 22.0 Å². The Labute approximate surface area is 171 Å². The number of nitrogens with two attached hydrogens (primary N) is 2. The number of aromatic amines is 1. The number of hydrogen-bond acceptors (Lipinski definition) is 6. The molecule has 29 heavy (non-hydrogen) atoms. The van der Waals surface area contributed by atoms with Crippen molar-refractivity contribution in [2.24, 2.45) is 11.5 Å². The van der Waals surface area contributed by atoms with Crippen LogP contribution in [0.4, 0.5) is 5.69 Å². The summed E-state index contributed by atoms with van der Waals surface area (Å²) < 4.78 is 0. The van der Waals surface area contributed by atoms with E-state index in [1.807, 2.05) is 12.4 Å². The lowest BCUT2D eigenvalue weighted by Crippen LogP contribution is -2.66. The van der Waals surface area contributed by atoms with Gasteiger partial charge in [-0.25, -0.2) is 9.97 Å². The van der Waals surface area contributed by atoms with E-state index in [1.54, 1.807) is 6.33 Å². The number of hydrogen-bond donors (Lipinski definition) is 3. The largest absolute Gasteiger partial charge is 0.368 e. The summed E-state index contributed by atoms with van der Waals surface area (Å²) in [5.41, 5.74) is 17.3. The molecule has 0 saturated carbocycles. The summed E-state index contributed by atoms with van der Waals surface area (Å²) in [6.07, 6.45) is 11.5. The minimum absolute atomic E-state index is 0.299. The highest BCUT2D eigenvalue weighted by molar-refractivity contribution is 6.04. The lowest BCUT2D eigenvalue weighted by atomic mass is 9.92. The van der Waals surface area contributed by atoms with E-state index < -0.39 is 0 Å². The molecule has 2 aromatic heterocycles. The van der Waals surface area contributed by atoms with Crippen LogP contribution < -0.4 is 16.4 Å². The Morgan fingerprint density at radius 2 is 1.90 bits per heavy atom. The Hall–Kier alpha value is -2.48. The van der Waals surface area contributed by atoms with Gasteiger partial charge in [0, 0.05) is 78.5 Å². The molecule has 4 heterocycles. The second-order valence-corrected chi connectivity index (χ2v) is 8.48. The van der Waals surface area contributed by atoms with Crippen LogP contribution in [0, 0.1) is 0 Å². The van der Waals surface area contributed by atoms with Gasteiger partial charge in [0.1, 0.15) is 6.33 Å². The van der Waals surface area contributed by atoms with Crippen LogP contribution in [0.5, 0.6) is 0 Å². The van der Waals surface area contributed by atoms with Gasteiger partial charge in [-0.05, 0) is 37.8 Å². The van der Waals surface area contributed by atoms with E-state index in [1.165, 1.54) is 11.1 Å². The minimum atomic E-state index is -0.299. The van der Waals surface area contributed by atoms with Crippen LogP contribution >= 0.6 is 0 Å². The molecule has 152 valence electrons. The molecule has 1 aromatic carbocycles. The van der Waals surface area contributed by atoms with Crippen molar-refractivity contribution in [2.45, 2.75) is 37.4 Å². The van der Waals surface area contributed by atoms with Crippen molar-refractivity contribution in [3.05, 3.63) is 43.1 Å². The van der Waals surface area contributed by atoms with Crippen LogP contribution in [0.2, 0.25) is 0 Å². The summed E-state index contributed by atoms with van der Waals surface area (Å²) in [4.78, 5) is 16.8. The Bertz CT molecular complexity index is 977. The van der Waals surface area contributed by atoms with Crippen molar-refractivity contribution in [2.75, 3.05) is 31.1 Å².